The van der Waals surface area contributed by atoms with Crippen molar-refractivity contribution < 1.29 is 9.53 Å². The Balaban J connectivity index is 1.63. The Morgan fingerprint density at radius 1 is 1.24 bits per heavy atom. The molecule has 0 atom stereocenters. The summed E-state index contributed by atoms with van der Waals surface area (Å²) in [6, 6.07) is 14.8. The Labute approximate surface area is 154 Å². The lowest BCUT2D eigenvalue weighted by Gasteiger charge is -2.09. The molecule has 0 saturated carbocycles. The molecule has 0 bridgehead atoms. The molecule has 0 aliphatic carbocycles. The third kappa shape index (κ3) is 4.45. The molecular weight excluding hydrogens is 384 g/mol. The first-order valence-corrected chi connectivity index (χ1v) is 8.61. The molecule has 0 aliphatic heterocycles. The summed E-state index contributed by atoms with van der Waals surface area (Å²) < 4.78 is 8.38. The summed E-state index contributed by atoms with van der Waals surface area (Å²) in [6.45, 7) is 2.74. The second kappa shape index (κ2) is 7.94. The minimum atomic E-state index is -0.225. The highest BCUT2D eigenvalue weighted by atomic mass is 79.9. The molecule has 1 N–H and O–H groups in total. The standard InChI is InChI=1S/C18H17BrN4O2/c1-2-23-12-20-22-18(23)13-4-3-5-15(10-13)21-17(24)11-25-16-8-6-14(19)7-9-16/h3-10,12H,2,11H2,1H3,(H,21,24). The van der Waals surface area contributed by atoms with Gasteiger partial charge in [0.15, 0.2) is 12.4 Å². The van der Waals surface area contributed by atoms with E-state index in [-0.39, 0.29) is 12.5 Å². The molecule has 1 heterocycles. The van der Waals surface area contributed by atoms with E-state index in [1.807, 2.05) is 47.9 Å². The van der Waals surface area contributed by atoms with E-state index >= 15 is 0 Å². The molecule has 25 heavy (non-hydrogen) atoms. The Morgan fingerprint density at radius 2 is 2.04 bits per heavy atom. The number of carbonyl (C=O) groups excluding carboxylic acids is 1. The van der Waals surface area contributed by atoms with Gasteiger partial charge in [0.2, 0.25) is 0 Å². The minimum absolute atomic E-state index is 0.0585. The van der Waals surface area contributed by atoms with E-state index in [0.29, 0.717) is 11.4 Å². The Hall–Kier alpha value is -2.67. The van der Waals surface area contributed by atoms with Crippen molar-refractivity contribution >= 4 is 27.5 Å². The Bertz CT molecular complexity index is 862. The molecule has 0 aliphatic rings. The van der Waals surface area contributed by atoms with Gasteiger partial charge < -0.3 is 14.6 Å². The summed E-state index contributed by atoms with van der Waals surface area (Å²) in [7, 11) is 0. The maximum absolute atomic E-state index is 12.1. The van der Waals surface area contributed by atoms with Crippen LogP contribution in [0.25, 0.3) is 11.4 Å². The summed E-state index contributed by atoms with van der Waals surface area (Å²) in [6.07, 6.45) is 1.69. The zero-order valence-corrected chi connectivity index (χ0v) is 15.2. The predicted molar refractivity (Wildman–Crippen MR) is 99.4 cm³/mol. The van der Waals surface area contributed by atoms with Crippen molar-refractivity contribution in [2.75, 3.05) is 11.9 Å². The maximum atomic E-state index is 12.1. The van der Waals surface area contributed by atoms with Crippen LogP contribution in [0.3, 0.4) is 0 Å². The molecule has 0 radical (unpaired) electrons. The van der Waals surface area contributed by atoms with Crippen LogP contribution in [-0.2, 0) is 11.3 Å². The fourth-order valence-corrected chi connectivity index (χ4v) is 2.59. The molecule has 1 amide bonds. The molecule has 128 valence electrons. The normalized spacial score (nSPS) is 10.5. The monoisotopic (exact) mass is 400 g/mol. The zero-order valence-electron chi connectivity index (χ0n) is 13.6. The summed E-state index contributed by atoms with van der Waals surface area (Å²) in [4.78, 5) is 12.1. The molecule has 2 aromatic carbocycles. The highest BCUT2D eigenvalue weighted by Gasteiger charge is 2.09. The van der Waals surface area contributed by atoms with Gasteiger partial charge >= 0.3 is 0 Å². The highest BCUT2D eigenvalue weighted by molar-refractivity contribution is 9.10. The molecular formula is C18H17BrN4O2. The van der Waals surface area contributed by atoms with Crippen LogP contribution in [0.15, 0.2) is 59.3 Å². The summed E-state index contributed by atoms with van der Waals surface area (Å²) in [5, 5.41) is 10.9. The minimum Gasteiger partial charge on any atom is -0.484 e. The number of hydrogen-bond acceptors (Lipinski definition) is 4. The highest BCUT2D eigenvalue weighted by Crippen LogP contribution is 2.21. The van der Waals surface area contributed by atoms with Crippen LogP contribution in [0.2, 0.25) is 0 Å². The molecule has 0 unspecified atom stereocenters. The van der Waals surface area contributed by atoms with E-state index in [0.717, 1.165) is 22.4 Å². The average Bonchev–Trinajstić information content (AvgIpc) is 3.10. The van der Waals surface area contributed by atoms with Crippen LogP contribution in [-0.4, -0.2) is 27.3 Å². The van der Waals surface area contributed by atoms with Gasteiger partial charge in [-0.2, -0.15) is 0 Å². The van der Waals surface area contributed by atoms with E-state index in [1.54, 1.807) is 18.5 Å². The molecule has 7 heteroatoms. The van der Waals surface area contributed by atoms with Gasteiger partial charge in [-0.15, -0.1) is 10.2 Å². The number of anilines is 1. The largest absolute Gasteiger partial charge is 0.484 e. The number of aryl methyl sites for hydroxylation is 1. The first-order valence-electron chi connectivity index (χ1n) is 7.82. The maximum Gasteiger partial charge on any atom is 0.262 e. The van der Waals surface area contributed by atoms with Crippen molar-refractivity contribution in [2.24, 2.45) is 0 Å². The number of halogens is 1. The predicted octanol–water partition coefficient (Wildman–Crippen LogP) is 3.75. The van der Waals surface area contributed by atoms with E-state index in [9.17, 15) is 4.79 Å². The van der Waals surface area contributed by atoms with Crippen molar-refractivity contribution in [1.82, 2.24) is 14.8 Å². The van der Waals surface area contributed by atoms with Crippen LogP contribution in [0.5, 0.6) is 5.75 Å². The van der Waals surface area contributed by atoms with Crippen molar-refractivity contribution in [1.29, 1.82) is 0 Å². The Morgan fingerprint density at radius 3 is 2.80 bits per heavy atom. The third-order valence-corrected chi connectivity index (χ3v) is 4.07. The van der Waals surface area contributed by atoms with Crippen LogP contribution >= 0.6 is 15.9 Å². The third-order valence-electron chi connectivity index (χ3n) is 3.54. The first kappa shape index (κ1) is 17.2. The topological polar surface area (TPSA) is 69.0 Å². The first-order chi connectivity index (χ1) is 12.2. The number of benzene rings is 2. The van der Waals surface area contributed by atoms with Gasteiger partial charge in [-0.05, 0) is 43.3 Å². The van der Waals surface area contributed by atoms with Gasteiger partial charge in [0.25, 0.3) is 5.91 Å². The van der Waals surface area contributed by atoms with Crippen molar-refractivity contribution in [2.45, 2.75) is 13.5 Å². The quantitative estimate of drug-likeness (QED) is 0.683. The fraction of sp³-hybridized carbons (Fsp3) is 0.167. The molecule has 3 aromatic rings. The summed E-state index contributed by atoms with van der Waals surface area (Å²) >= 11 is 3.36. The van der Waals surface area contributed by atoms with Crippen molar-refractivity contribution in [3.63, 3.8) is 0 Å². The van der Waals surface area contributed by atoms with Crippen LogP contribution in [0, 0.1) is 0 Å². The lowest BCUT2D eigenvalue weighted by atomic mass is 10.2. The van der Waals surface area contributed by atoms with Gasteiger partial charge in [-0.3, -0.25) is 4.79 Å². The number of hydrogen-bond donors (Lipinski definition) is 1. The van der Waals surface area contributed by atoms with E-state index in [4.69, 9.17) is 4.74 Å². The number of aromatic nitrogens is 3. The number of nitrogens with one attached hydrogen (secondary N) is 1. The van der Waals surface area contributed by atoms with Gasteiger partial charge in [0.05, 0.1) is 0 Å². The summed E-state index contributed by atoms with van der Waals surface area (Å²) in [5.41, 5.74) is 1.58. The molecule has 1 aromatic heterocycles. The van der Waals surface area contributed by atoms with Crippen LogP contribution in [0.4, 0.5) is 5.69 Å². The average molecular weight is 401 g/mol. The van der Waals surface area contributed by atoms with Crippen LogP contribution < -0.4 is 10.1 Å². The second-order valence-corrected chi connectivity index (χ2v) is 6.23. The number of ether oxygens (including phenoxy) is 1. The second-order valence-electron chi connectivity index (χ2n) is 5.31. The van der Waals surface area contributed by atoms with Gasteiger partial charge in [-0.1, -0.05) is 28.1 Å². The number of carbonyl (C=O) groups is 1. The SMILES string of the molecule is CCn1cnnc1-c1cccc(NC(=O)COc2ccc(Br)cc2)c1. The van der Waals surface area contributed by atoms with E-state index in [1.165, 1.54) is 0 Å². The smallest absolute Gasteiger partial charge is 0.262 e. The molecule has 0 fully saturated rings. The number of amides is 1. The lowest BCUT2D eigenvalue weighted by molar-refractivity contribution is -0.118. The Kier molecular flexibility index (Phi) is 5.45. The van der Waals surface area contributed by atoms with Crippen molar-refractivity contribution in [3.05, 3.63) is 59.3 Å². The fourth-order valence-electron chi connectivity index (χ4n) is 2.32. The van der Waals surface area contributed by atoms with Gasteiger partial charge in [0.1, 0.15) is 12.1 Å². The lowest BCUT2D eigenvalue weighted by Crippen LogP contribution is -2.20. The zero-order chi connectivity index (χ0) is 17.6. The molecule has 3 rings (SSSR count). The number of nitrogens with zero attached hydrogens (tertiary/aromatic N) is 3. The van der Waals surface area contributed by atoms with Gasteiger partial charge in [0, 0.05) is 22.3 Å². The molecule has 0 spiro atoms. The summed E-state index contributed by atoms with van der Waals surface area (Å²) in [5.74, 6) is 1.19. The van der Waals surface area contributed by atoms with E-state index < -0.39 is 0 Å². The van der Waals surface area contributed by atoms with Gasteiger partial charge in [-0.25, -0.2) is 0 Å². The number of rotatable bonds is 6. The van der Waals surface area contributed by atoms with E-state index in [2.05, 4.69) is 31.4 Å². The molecule has 6 nitrogen and oxygen atoms in total. The van der Waals surface area contributed by atoms with Crippen LogP contribution in [0.1, 0.15) is 6.92 Å². The molecule has 0 saturated heterocycles. The van der Waals surface area contributed by atoms with Crippen molar-refractivity contribution in [3.8, 4) is 17.1 Å².